The predicted octanol–water partition coefficient (Wildman–Crippen LogP) is 0.477. The zero-order valence-electron chi connectivity index (χ0n) is 31.1. The summed E-state index contributed by atoms with van der Waals surface area (Å²) >= 11 is 0. The molecule has 4 heterocycles. The third-order valence-corrected chi connectivity index (χ3v) is 8.09. The van der Waals surface area contributed by atoms with Crippen LogP contribution in [0.15, 0.2) is 65.7 Å². The molecule has 2 N–H and O–H groups in total. The Morgan fingerprint density at radius 3 is 1.67 bits per heavy atom. The summed E-state index contributed by atoms with van der Waals surface area (Å²) in [7, 11) is 5.59. The Kier molecular flexibility index (Phi) is 13.5. The van der Waals surface area contributed by atoms with Gasteiger partial charge in [-0.2, -0.15) is 19.9 Å². The van der Waals surface area contributed by atoms with Crippen molar-refractivity contribution in [2.75, 3.05) is 28.4 Å². The molecule has 1 amide bonds. The fourth-order valence-electron chi connectivity index (χ4n) is 4.86. The molecule has 0 fully saturated rings. The number of hydrogen-bond donors (Lipinski definition) is 2. The number of methoxy groups -OCH3 is 4. The molecule has 1 aliphatic heterocycles. The number of rotatable bonds is 12. The van der Waals surface area contributed by atoms with Crippen LogP contribution in [0.1, 0.15) is 47.2 Å². The second-order valence-corrected chi connectivity index (χ2v) is 11.7. The van der Waals surface area contributed by atoms with Gasteiger partial charge >= 0.3 is 47.5 Å². The monoisotopic (exact) mass is 763 g/mol. The molecule has 6 rings (SSSR count). The summed E-state index contributed by atoms with van der Waals surface area (Å²) in [5.41, 5.74) is -0.469. The van der Waals surface area contributed by atoms with Crippen molar-refractivity contribution in [3.05, 3.63) is 77.5 Å². The number of fused-ring (bicyclic) bond motifs is 1. The number of aromatic carboxylic acids is 2. The standard InChI is InChI=1S/C19H18N4O8.C17H17N3O3.Na/c1-26-12-8-13(27-2)21-18(20-12)30-10-6-5-7-11(16(10)17(24)25)31-19-22-14(28-3)9-15(23-19)29-4;1-9(2)17(3)16(23)19-14(20-17)13-11(15(21)22)8-10-6-4-5-7-12(10)18-13;/h5-9H,1-4H3,(H,24,25);4-9H,1-3H3,(H,21,22)(H,19,20,23);/q;;+1/p-1/t;17-;/m.1./s1. The number of para-hydroxylation sites is 1. The molecule has 0 aliphatic carbocycles. The molecule has 19 heteroatoms. The van der Waals surface area contributed by atoms with E-state index in [0.29, 0.717) is 5.52 Å². The van der Waals surface area contributed by atoms with Crippen LogP contribution in [0.5, 0.6) is 47.0 Å². The molecule has 0 bridgehead atoms. The first kappa shape index (κ1) is 41.6. The van der Waals surface area contributed by atoms with Crippen LogP contribution in [-0.2, 0) is 4.79 Å². The minimum absolute atomic E-state index is 0. The summed E-state index contributed by atoms with van der Waals surface area (Å²) in [5.74, 6) is -2.41. The fraction of sp³-hybridized carbons (Fsp3) is 0.250. The Hall–Kier alpha value is -6.11. The zero-order chi connectivity index (χ0) is 39.2. The van der Waals surface area contributed by atoms with Gasteiger partial charge in [0, 0.05) is 5.39 Å². The number of aliphatic imine (C=N–C) groups is 1. The average molecular weight is 764 g/mol. The first-order chi connectivity index (χ1) is 25.8. The number of aromatic nitrogens is 5. The average Bonchev–Trinajstić information content (AvgIpc) is 3.48. The molecule has 0 unspecified atom stereocenters. The van der Waals surface area contributed by atoms with Gasteiger partial charge in [0.05, 0.1) is 63.2 Å². The fourth-order valence-corrected chi connectivity index (χ4v) is 4.86. The van der Waals surface area contributed by atoms with Gasteiger partial charge in [0.25, 0.3) is 5.91 Å². The van der Waals surface area contributed by atoms with Crippen LogP contribution in [0.25, 0.3) is 10.9 Å². The molecule has 18 nitrogen and oxygen atoms in total. The number of nitrogens with one attached hydrogen (secondary N) is 1. The van der Waals surface area contributed by atoms with Crippen LogP contribution in [0, 0.1) is 5.92 Å². The second-order valence-electron chi connectivity index (χ2n) is 11.7. The van der Waals surface area contributed by atoms with Crippen molar-refractivity contribution in [3.8, 4) is 47.0 Å². The Morgan fingerprint density at radius 2 is 1.25 bits per heavy atom. The van der Waals surface area contributed by atoms with Crippen molar-refractivity contribution in [2.24, 2.45) is 10.9 Å². The number of pyridine rings is 1. The summed E-state index contributed by atoms with van der Waals surface area (Å²) in [6, 6.07) is 15.5. The molecular weight excluding hydrogens is 729 g/mol. The van der Waals surface area contributed by atoms with E-state index >= 15 is 0 Å². The van der Waals surface area contributed by atoms with Crippen molar-refractivity contribution < 1.29 is 82.6 Å². The molecule has 3 aromatic heterocycles. The molecule has 1 atom stereocenters. The summed E-state index contributed by atoms with van der Waals surface area (Å²) in [6.07, 6.45) is 0. The first-order valence-electron chi connectivity index (χ1n) is 16.0. The van der Waals surface area contributed by atoms with E-state index in [1.54, 1.807) is 25.1 Å². The Labute approximate surface area is 336 Å². The minimum atomic E-state index is -1.57. The van der Waals surface area contributed by atoms with Crippen molar-refractivity contribution in [3.63, 3.8) is 0 Å². The van der Waals surface area contributed by atoms with Crippen molar-refractivity contribution >= 4 is 34.6 Å². The van der Waals surface area contributed by atoms with Crippen LogP contribution in [0.4, 0.5) is 0 Å². The summed E-state index contributed by atoms with van der Waals surface area (Å²) < 4.78 is 31.3. The topological polar surface area (TPSA) is 239 Å². The maximum absolute atomic E-state index is 12.3. The number of nitrogens with zero attached hydrogens (tertiary/aromatic N) is 6. The number of carbonyl (C=O) groups is 3. The molecule has 55 heavy (non-hydrogen) atoms. The van der Waals surface area contributed by atoms with Crippen LogP contribution < -0.4 is 68.4 Å². The SMILES string of the molecule is CC(C)[C@@]1(C)N=C(c2nc3ccccc3cc2C(=O)O)NC1=O.COc1cc(OC)nc(Oc2cccc(Oc3nc(OC)cc(OC)n3)c2C(=O)[O-])n1.[Na+]. The van der Waals surface area contributed by atoms with E-state index < -0.39 is 23.0 Å². The van der Waals surface area contributed by atoms with Crippen LogP contribution in [-0.4, -0.2) is 87.7 Å². The molecule has 0 spiro atoms. The van der Waals surface area contributed by atoms with E-state index in [0.717, 1.165) is 5.39 Å². The number of amidine groups is 1. The third-order valence-electron chi connectivity index (χ3n) is 8.09. The van der Waals surface area contributed by atoms with E-state index in [2.05, 4.69) is 35.2 Å². The van der Waals surface area contributed by atoms with Gasteiger partial charge in [0.15, 0.2) is 5.84 Å². The quantitative estimate of drug-likeness (QED) is 0.164. The number of carbonyl (C=O) groups excluding carboxylic acids is 2. The van der Waals surface area contributed by atoms with Crippen LogP contribution >= 0.6 is 0 Å². The van der Waals surface area contributed by atoms with Crippen molar-refractivity contribution in [1.82, 2.24) is 30.2 Å². The molecule has 5 aromatic rings. The Bertz CT molecular complexity index is 2150. The normalized spacial score (nSPS) is 14.4. The summed E-state index contributed by atoms with van der Waals surface area (Å²) in [6.45, 7) is 5.54. The van der Waals surface area contributed by atoms with E-state index in [-0.39, 0.29) is 106 Å². The van der Waals surface area contributed by atoms with Gasteiger partial charge in [-0.3, -0.25) is 4.79 Å². The second kappa shape index (κ2) is 17.8. The van der Waals surface area contributed by atoms with Gasteiger partial charge in [-0.1, -0.05) is 38.1 Å². The van der Waals surface area contributed by atoms with E-state index in [4.69, 9.17) is 28.4 Å². The van der Waals surface area contributed by atoms with Crippen LogP contribution in [0.2, 0.25) is 0 Å². The molecule has 0 saturated heterocycles. The number of carboxylic acid groups (broad SMARTS) is 2. The van der Waals surface area contributed by atoms with Gasteiger partial charge in [-0.25, -0.2) is 14.8 Å². The number of amides is 1. The molecule has 0 saturated carbocycles. The van der Waals surface area contributed by atoms with Crippen molar-refractivity contribution in [2.45, 2.75) is 26.3 Å². The first-order valence-corrected chi connectivity index (χ1v) is 16.0. The summed E-state index contributed by atoms with van der Waals surface area (Å²) in [4.78, 5) is 60.6. The Balaban J connectivity index is 0.000000250. The van der Waals surface area contributed by atoms with Gasteiger partial charge in [0.2, 0.25) is 23.5 Å². The minimum Gasteiger partial charge on any atom is -0.545 e. The molecule has 280 valence electrons. The van der Waals surface area contributed by atoms with Crippen LogP contribution in [0.3, 0.4) is 0 Å². The number of carboxylic acids is 2. The molecule has 0 radical (unpaired) electrons. The predicted molar refractivity (Wildman–Crippen MR) is 188 cm³/mol. The van der Waals surface area contributed by atoms with Gasteiger partial charge in [0.1, 0.15) is 22.7 Å². The van der Waals surface area contributed by atoms with Gasteiger partial charge < -0.3 is 48.7 Å². The van der Waals surface area contributed by atoms with Gasteiger partial charge in [-0.05, 0) is 37.1 Å². The van der Waals surface area contributed by atoms with Gasteiger partial charge in [-0.15, -0.1) is 0 Å². The van der Waals surface area contributed by atoms with E-state index in [1.807, 2.05) is 26.0 Å². The number of ether oxygens (including phenoxy) is 6. The maximum Gasteiger partial charge on any atom is 1.00 e. The largest absolute Gasteiger partial charge is 1.00 e. The Morgan fingerprint density at radius 1 is 0.764 bits per heavy atom. The zero-order valence-corrected chi connectivity index (χ0v) is 33.1. The number of hydrogen-bond acceptors (Lipinski definition) is 16. The number of benzene rings is 2. The van der Waals surface area contributed by atoms with E-state index in [1.165, 1.54) is 58.8 Å². The summed E-state index contributed by atoms with van der Waals surface area (Å²) in [5, 5.41) is 24.8. The van der Waals surface area contributed by atoms with Crippen molar-refractivity contribution in [1.29, 1.82) is 0 Å². The smallest absolute Gasteiger partial charge is 0.545 e. The third kappa shape index (κ3) is 9.34. The molecule has 2 aromatic carbocycles. The van der Waals surface area contributed by atoms with E-state index in [9.17, 15) is 24.6 Å². The maximum atomic E-state index is 12.3. The molecule has 1 aliphatic rings. The molecular formula is C36H34N7NaO11.